The molecule has 0 aliphatic heterocycles. The van der Waals surface area contributed by atoms with Gasteiger partial charge in [-0.05, 0) is 48.6 Å². The topological polar surface area (TPSA) is 83.7 Å². The van der Waals surface area contributed by atoms with E-state index in [2.05, 4.69) is 10.3 Å². The van der Waals surface area contributed by atoms with E-state index in [1.54, 1.807) is 18.3 Å². The Morgan fingerprint density at radius 2 is 1.85 bits per heavy atom. The molecule has 0 atom stereocenters. The Kier molecular flexibility index (Phi) is 4.99. The predicted molar refractivity (Wildman–Crippen MR) is 104 cm³/mol. The zero-order chi connectivity index (χ0) is 19.6. The van der Waals surface area contributed by atoms with Crippen molar-refractivity contribution in [1.29, 1.82) is 0 Å². The number of fused-ring (bicyclic) bond motifs is 1. The molecular formula is C21H23N3O3. The quantitative estimate of drug-likeness (QED) is 0.690. The van der Waals surface area contributed by atoms with Crippen LogP contribution in [0.4, 0.5) is 5.82 Å². The molecule has 0 saturated heterocycles. The van der Waals surface area contributed by atoms with Gasteiger partial charge >= 0.3 is 5.97 Å². The molecule has 140 valence electrons. The molecule has 27 heavy (non-hydrogen) atoms. The number of carbonyl (C=O) groups is 2. The highest BCUT2D eigenvalue weighted by Gasteiger charge is 2.22. The predicted octanol–water partition coefficient (Wildman–Crippen LogP) is 4.04. The second kappa shape index (κ2) is 7.23. The third kappa shape index (κ3) is 4.16. The van der Waals surface area contributed by atoms with Gasteiger partial charge in [-0.25, -0.2) is 4.98 Å². The third-order valence-corrected chi connectivity index (χ3v) is 4.83. The molecule has 2 heterocycles. The zero-order valence-corrected chi connectivity index (χ0v) is 15.7. The first kappa shape index (κ1) is 18.6. The second-order valence-electron chi connectivity index (χ2n) is 7.33. The van der Waals surface area contributed by atoms with Gasteiger partial charge in [0.2, 0.25) is 0 Å². The van der Waals surface area contributed by atoms with Crippen molar-refractivity contribution in [2.24, 2.45) is 0 Å². The van der Waals surface area contributed by atoms with Crippen LogP contribution in [-0.4, -0.2) is 26.4 Å². The van der Waals surface area contributed by atoms with E-state index >= 15 is 0 Å². The summed E-state index contributed by atoms with van der Waals surface area (Å²) in [5.41, 5.74) is 3.08. The first-order valence-electron chi connectivity index (χ1n) is 8.85. The molecular weight excluding hydrogens is 342 g/mol. The molecule has 0 aliphatic rings. The van der Waals surface area contributed by atoms with Crippen molar-refractivity contribution < 1.29 is 14.7 Å². The van der Waals surface area contributed by atoms with Crippen molar-refractivity contribution in [3.8, 4) is 0 Å². The fourth-order valence-electron chi connectivity index (χ4n) is 3.03. The monoisotopic (exact) mass is 365 g/mol. The summed E-state index contributed by atoms with van der Waals surface area (Å²) in [6.45, 7) is 5.99. The van der Waals surface area contributed by atoms with E-state index < -0.39 is 5.97 Å². The number of aryl methyl sites for hydroxylation is 1. The van der Waals surface area contributed by atoms with E-state index in [1.165, 1.54) is 0 Å². The molecule has 0 unspecified atom stereocenters. The SMILES string of the molecule is Cc1cccc2nc(NC(=O)c3ccc(C(C)(C)CCC(=O)O)cc3)cn12. The first-order valence-corrected chi connectivity index (χ1v) is 8.85. The molecule has 0 bridgehead atoms. The summed E-state index contributed by atoms with van der Waals surface area (Å²) in [4.78, 5) is 27.7. The Hall–Kier alpha value is -3.15. The van der Waals surface area contributed by atoms with Crippen molar-refractivity contribution in [1.82, 2.24) is 9.38 Å². The molecule has 3 aromatic rings. The maximum absolute atomic E-state index is 12.5. The number of carboxylic acids is 1. The number of carbonyl (C=O) groups excluding carboxylic acids is 1. The molecule has 0 spiro atoms. The van der Waals surface area contributed by atoms with E-state index in [0.717, 1.165) is 16.9 Å². The van der Waals surface area contributed by atoms with Crippen LogP contribution in [0, 0.1) is 6.92 Å². The summed E-state index contributed by atoms with van der Waals surface area (Å²) in [7, 11) is 0. The van der Waals surface area contributed by atoms with E-state index in [0.29, 0.717) is 17.8 Å². The van der Waals surface area contributed by atoms with Crippen LogP contribution in [0.25, 0.3) is 5.65 Å². The minimum absolute atomic E-state index is 0.114. The van der Waals surface area contributed by atoms with Crippen molar-refractivity contribution >= 4 is 23.3 Å². The number of amides is 1. The van der Waals surface area contributed by atoms with Gasteiger partial charge in [0.25, 0.3) is 5.91 Å². The fraction of sp³-hybridized carbons (Fsp3) is 0.286. The normalized spacial score (nSPS) is 11.5. The number of aliphatic carboxylic acids is 1. The number of pyridine rings is 1. The van der Waals surface area contributed by atoms with Crippen LogP contribution in [0.2, 0.25) is 0 Å². The lowest BCUT2D eigenvalue weighted by Gasteiger charge is -2.24. The molecule has 0 saturated carbocycles. The fourth-order valence-corrected chi connectivity index (χ4v) is 3.03. The zero-order valence-electron chi connectivity index (χ0n) is 15.7. The minimum Gasteiger partial charge on any atom is -0.481 e. The molecule has 0 fully saturated rings. The largest absolute Gasteiger partial charge is 0.481 e. The number of hydrogen-bond acceptors (Lipinski definition) is 3. The van der Waals surface area contributed by atoms with Crippen LogP contribution < -0.4 is 5.32 Å². The van der Waals surface area contributed by atoms with E-state index in [1.807, 2.05) is 55.5 Å². The number of anilines is 1. The smallest absolute Gasteiger partial charge is 0.303 e. The summed E-state index contributed by atoms with van der Waals surface area (Å²) in [6.07, 6.45) is 2.45. The first-order chi connectivity index (χ1) is 12.8. The van der Waals surface area contributed by atoms with Crippen LogP contribution in [-0.2, 0) is 10.2 Å². The molecule has 2 aromatic heterocycles. The van der Waals surface area contributed by atoms with Crippen LogP contribution in [0.5, 0.6) is 0 Å². The number of nitrogens with one attached hydrogen (secondary N) is 1. The number of rotatable bonds is 6. The molecule has 1 amide bonds. The lowest BCUT2D eigenvalue weighted by Crippen LogP contribution is -2.19. The van der Waals surface area contributed by atoms with Gasteiger partial charge in [0, 0.05) is 17.7 Å². The average Bonchev–Trinajstić information content (AvgIpc) is 3.04. The van der Waals surface area contributed by atoms with Crippen LogP contribution in [0.15, 0.2) is 48.7 Å². The minimum atomic E-state index is -0.804. The summed E-state index contributed by atoms with van der Waals surface area (Å²) in [6, 6.07) is 13.1. The number of carboxylic acid groups (broad SMARTS) is 1. The Balaban J connectivity index is 1.73. The highest BCUT2D eigenvalue weighted by Crippen LogP contribution is 2.28. The van der Waals surface area contributed by atoms with Gasteiger partial charge in [-0.3, -0.25) is 9.59 Å². The molecule has 1 aromatic carbocycles. The van der Waals surface area contributed by atoms with Gasteiger partial charge in [-0.15, -0.1) is 0 Å². The molecule has 2 N–H and O–H groups in total. The van der Waals surface area contributed by atoms with Gasteiger partial charge in [0.05, 0.1) is 6.20 Å². The molecule has 0 aliphatic carbocycles. The van der Waals surface area contributed by atoms with Gasteiger partial charge in [-0.1, -0.05) is 32.0 Å². The summed E-state index contributed by atoms with van der Waals surface area (Å²) < 4.78 is 1.92. The Morgan fingerprint density at radius 3 is 2.48 bits per heavy atom. The highest BCUT2D eigenvalue weighted by molar-refractivity contribution is 6.03. The average molecular weight is 365 g/mol. The molecule has 6 heteroatoms. The number of imidazole rings is 1. The van der Waals surface area contributed by atoms with Gasteiger partial charge in [0.15, 0.2) is 5.82 Å². The molecule has 3 rings (SSSR count). The summed E-state index contributed by atoms with van der Waals surface area (Å²) in [5, 5.41) is 11.7. The van der Waals surface area contributed by atoms with Gasteiger partial charge in [-0.2, -0.15) is 0 Å². The maximum Gasteiger partial charge on any atom is 0.303 e. The number of aromatic nitrogens is 2. The van der Waals surface area contributed by atoms with E-state index in [9.17, 15) is 9.59 Å². The summed E-state index contributed by atoms with van der Waals surface area (Å²) >= 11 is 0. The number of hydrogen-bond donors (Lipinski definition) is 2. The Labute approximate surface area is 157 Å². The Bertz CT molecular complexity index is 988. The van der Waals surface area contributed by atoms with E-state index in [-0.39, 0.29) is 17.7 Å². The lowest BCUT2D eigenvalue weighted by atomic mass is 9.80. The standard InChI is InChI=1S/C21H23N3O3/c1-14-5-4-6-18-22-17(13-24(14)18)23-20(27)15-7-9-16(10-8-15)21(2,3)12-11-19(25)26/h4-10,13H,11-12H2,1-3H3,(H,23,27)(H,25,26). The van der Waals surface area contributed by atoms with Crippen molar-refractivity contribution in [2.45, 2.75) is 39.0 Å². The summed E-state index contributed by atoms with van der Waals surface area (Å²) in [5.74, 6) is -0.534. The van der Waals surface area contributed by atoms with Crippen LogP contribution >= 0.6 is 0 Å². The lowest BCUT2D eigenvalue weighted by molar-refractivity contribution is -0.137. The van der Waals surface area contributed by atoms with Crippen LogP contribution in [0.3, 0.4) is 0 Å². The number of nitrogens with zero attached hydrogens (tertiary/aromatic N) is 2. The Morgan fingerprint density at radius 1 is 1.15 bits per heavy atom. The van der Waals surface area contributed by atoms with Crippen molar-refractivity contribution in [3.05, 3.63) is 65.5 Å². The second-order valence-corrected chi connectivity index (χ2v) is 7.33. The number of benzene rings is 1. The highest BCUT2D eigenvalue weighted by atomic mass is 16.4. The van der Waals surface area contributed by atoms with Crippen molar-refractivity contribution in [3.63, 3.8) is 0 Å². The maximum atomic E-state index is 12.5. The molecule has 6 nitrogen and oxygen atoms in total. The van der Waals surface area contributed by atoms with Gasteiger partial charge < -0.3 is 14.8 Å². The van der Waals surface area contributed by atoms with Gasteiger partial charge in [0.1, 0.15) is 5.65 Å². The van der Waals surface area contributed by atoms with E-state index in [4.69, 9.17) is 5.11 Å². The van der Waals surface area contributed by atoms with Crippen molar-refractivity contribution in [2.75, 3.05) is 5.32 Å². The van der Waals surface area contributed by atoms with Crippen LogP contribution in [0.1, 0.15) is 48.3 Å². The third-order valence-electron chi connectivity index (χ3n) is 4.83. The molecule has 0 radical (unpaired) electrons.